The minimum absolute atomic E-state index is 0.102. The maximum absolute atomic E-state index is 13.3. The zero-order chi connectivity index (χ0) is 20.8. The lowest BCUT2D eigenvalue weighted by molar-refractivity contribution is -0.130. The van der Waals surface area contributed by atoms with Crippen molar-refractivity contribution >= 4 is 33.9 Å². The first kappa shape index (κ1) is 18.4. The number of para-hydroxylation sites is 1. The largest absolute Gasteiger partial charge is 0.503 e. The average Bonchev–Trinajstić information content (AvgIpc) is 3.54. The SMILES string of the molecule is Cn1cc(C2C(C(=O)c3cccs3)=C(O)C(=O)N2Cc2ccco2)c2ccccc21. The second-order valence-corrected chi connectivity index (χ2v) is 8.14. The molecular formula is C23H18N2O4S. The summed E-state index contributed by atoms with van der Waals surface area (Å²) in [5, 5.41) is 13.5. The summed E-state index contributed by atoms with van der Waals surface area (Å²) in [4.78, 5) is 28.4. The first-order valence-corrected chi connectivity index (χ1v) is 10.3. The number of aryl methyl sites for hydroxylation is 1. The highest BCUT2D eigenvalue weighted by molar-refractivity contribution is 7.12. The summed E-state index contributed by atoms with van der Waals surface area (Å²) in [5.74, 6) is -0.843. The molecule has 0 spiro atoms. The number of Topliss-reactive ketones (excluding diaryl/α,β-unsaturated/α-hetero) is 1. The fourth-order valence-corrected chi connectivity index (χ4v) is 4.75. The van der Waals surface area contributed by atoms with E-state index < -0.39 is 17.7 Å². The van der Waals surface area contributed by atoms with Gasteiger partial charge in [0.25, 0.3) is 5.91 Å². The quantitative estimate of drug-likeness (QED) is 0.480. The fourth-order valence-electron chi connectivity index (χ4n) is 4.07. The van der Waals surface area contributed by atoms with Gasteiger partial charge in [0.15, 0.2) is 5.76 Å². The number of hydrogen-bond donors (Lipinski definition) is 1. The van der Waals surface area contributed by atoms with E-state index in [4.69, 9.17) is 4.42 Å². The molecule has 1 aromatic carbocycles. The number of benzene rings is 1. The van der Waals surface area contributed by atoms with Gasteiger partial charge in [-0.1, -0.05) is 24.3 Å². The molecule has 6 nitrogen and oxygen atoms in total. The summed E-state index contributed by atoms with van der Waals surface area (Å²) >= 11 is 1.29. The van der Waals surface area contributed by atoms with Crippen molar-refractivity contribution in [2.45, 2.75) is 12.6 Å². The van der Waals surface area contributed by atoms with Gasteiger partial charge in [0.2, 0.25) is 5.78 Å². The molecule has 0 fully saturated rings. The minimum atomic E-state index is -0.719. The number of aliphatic hydroxyl groups excluding tert-OH is 1. The third-order valence-corrected chi connectivity index (χ3v) is 6.29. The van der Waals surface area contributed by atoms with Crippen LogP contribution in [0.15, 0.2) is 82.1 Å². The molecule has 0 radical (unpaired) electrons. The van der Waals surface area contributed by atoms with Crippen molar-refractivity contribution in [3.05, 3.63) is 93.9 Å². The summed E-state index contributed by atoms with van der Waals surface area (Å²) in [6.45, 7) is 0.144. The number of aliphatic hydroxyl groups is 1. The highest BCUT2D eigenvalue weighted by Crippen LogP contribution is 2.43. The second-order valence-electron chi connectivity index (χ2n) is 7.20. The van der Waals surface area contributed by atoms with Crippen molar-refractivity contribution in [1.29, 1.82) is 0 Å². The maximum Gasteiger partial charge on any atom is 0.290 e. The van der Waals surface area contributed by atoms with E-state index in [1.807, 2.05) is 42.1 Å². The molecule has 0 aliphatic carbocycles. The molecule has 3 aromatic heterocycles. The predicted octanol–water partition coefficient (Wildman–Crippen LogP) is 4.61. The van der Waals surface area contributed by atoms with Gasteiger partial charge in [-0.05, 0) is 29.6 Å². The molecule has 5 rings (SSSR count). The van der Waals surface area contributed by atoms with Crippen LogP contribution in [-0.2, 0) is 18.4 Å². The number of nitrogens with zero attached hydrogens (tertiary/aromatic N) is 2. The van der Waals surface area contributed by atoms with E-state index in [2.05, 4.69) is 0 Å². The van der Waals surface area contributed by atoms with Crippen molar-refractivity contribution < 1.29 is 19.1 Å². The molecule has 4 aromatic rings. The van der Waals surface area contributed by atoms with Crippen LogP contribution in [-0.4, -0.2) is 26.3 Å². The van der Waals surface area contributed by atoms with Gasteiger partial charge < -0.3 is 19.0 Å². The van der Waals surface area contributed by atoms with Crippen LogP contribution in [0.1, 0.15) is 27.0 Å². The smallest absolute Gasteiger partial charge is 0.290 e. The molecule has 1 N–H and O–H groups in total. The van der Waals surface area contributed by atoms with Crippen LogP contribution in [0.25, 0.3) is 10.9 Å². The van der Waals surface area contributed by atoms with E-state index >= 15 is 0 Å². The third-order valence-electron chi connectivity index (χ3n) is 5.42. The number of furan rings is 1. The van der Waals surface area contributed by atoms with Crippen LogP contribution in [0.4, 0.5) is 0 Å². The van der Waals surface area contributed by atoms with E-state index in [9.17, 15) is 14.7 Å². The first-order valence-electron chi connectivity index (χ1n) is 9.45. The van der Waals surface area contributed by atoms with Crippen LogP contribution in [0, 0.1) is 0 Å². The molecule has 1 atom stereocenters. The van der Waals surface area contributed by atoms with Gasteiger partial charge in [0, 0.05) is 29.7 Å². The van der Waals surface area contributed by atoms with Gasteiger partial charge in [-0.25, -0.2) is 0 Å². The Morgan fingerprint density at radius 2 is 2.00 bits per heavy atom. The highest BCUT2D eigenvalue weighted by Gasteiger charge is 2.45. The van der Waals surface area contributed by atoms with Crippen LogP contribution >= 0.6 is 11.3 Å². The number of carbonyl (C=O) groups is 2. The molecular weight excluding hydrogens is 400 g/mol. The molecule has 7 heteroatoms. The lowest BCUT2D eigenvalue weighted by Gasteiger charge is -2.25. The van der Waals surface area contributed by atoms with Crippen LogP contribution in [0.2, 0.25) is 0 Å². The summed E-state index contributed by atoms with van der Waals surface area (Å²) in [6.07, 6.45) is 3.45. The monoisotopic (exact) mass is 418 g/mol. The molecule has 1 unspecified atom stereocenters. The summed E-state index contributed by atoms with van der Waals surface area (Å²) in [5.41, 5.74) is 1.87. The van der Waals surface area contributed by atoms with Crippen molar-refractivity contribution in [1.82, 2.24) is 9.47 Å². The van der Waals surface area contributed by atoms with Gasteiger partial charge in [-0.3, -0.25) is 9.59 Å². The number of carbonyl (C=O) groups excluding carboxylic acids is 2. The Kier molecular flexibility index (Phi) is 4.33. The zero-order valence-corrected chi connectivity index (χ0v) is 16.9. The average molecular weight is 418 g/mol. The summed E-state index contributed by atoms with van der Waals surface area (Å²) < 4.78 is 7.40. The Bertz CT molecular complexity index is 1280. The lowest BCUT2D eigenvalue weighted by atomic mass is 9.95. The number of fused-ring (bicyclic) bond motifs is 1. The Morgan fingerprint density at radius 3 is 2.73 bits per heavy atom. The standard InChI is InChI=1S/C23H18N2O4S/c1-24-13-16(15-7-2-3-8-17(15)24)20-19(21(26)18-9-5-11-30-18)22(27)23(28)25(20)12-14-6-4-10-29-14/h2-11,13,20,27H,12H2,1H3. The van der Waals surface area contributed by atoms with E-state index in [1.165, 1.54) is 22.5 Å². The van der Waals surface area contributed by atoms with Crippen molar-refractivity contribution in [2.75, 3.05) is 0 Å². The number of hydrogen-bond acceptors (Lipinski definition) is 5. The van der Waals surface area contributed by atoms with Gasteiger partial charge in [0.1, 0.15) is 5.76 Å². The van der Waals surface area contributed by atoms with E-state index in [0.29, 0.717) is 10.6 Å². The number of aromatic nitrogens is 1. The van der Waals surface area contributed by atoms with Crippen LogP contribution < -0.4 is 0 Å². The first-order chi connectivity index (χ1) is 14.6. The molecule has 1 aliphatic heterocycles. The lowest BCUT2D eigenvalue weighted by Crippen LogP contribution is -2.30. The zero-order valence-electron chi connectivity index (χ0n) is 16.1. The fraction of sp³-hybridized carbons (Fsp3) is 0.130. The highest BCUT2D eigenvalue weighted by atomic mass is 32.1. The van der Waals surface area contributed by atoms with Gasteiger partial charge in [-0.2, -0.15) is 0 Å². The molecule has 0 bridgehead atoms. The van der Waals surface area contributed by atoms with Crippen molar-refractivity contribution in [3.63, 3.8) is 0 Å². The van der Waals surface area contributed by atoms with Crippen LogP contribution in [0.5, 0.6) is 0 Å². The molecule has 0 saturated carbocycles. The van der Waals surface area contributed by atoms with Crippen molar-refractivity contribution in [3.8, 4) is 0 Å². The summed E-state index contributed by atoms with van der Waals surface area (Å²) in [6, 6.07) is 14.1. The Labute approximate surface area is 176 Å². The Balaban J connectivity index is 1.70. The van der Waals surface area contributed by atoms with Gasteiger partial charge >= 0.3 is 0 Å². The number of thiophene rings is 1. The predicted molar refractivity (Wildman–Crippen MR) is 113 cm³/mol. The molecule has 1 amide bonds. The number of rotatable bonds is 5. The number of ketones is 1. The summed E-state index contributed by atoms with van der Waals surface area (Å²) in [7, 11) is 1.92. The van der Waals surface area contributed by atoms with E-state index in [0.717, 1.165) is 16.5 Å². The van der Waals surface area contributed by atoms with Crippen LogP contribution in [0.3, 0.4) is 0 Å². The molecule has 0 saturated heterocycles. The normalized spacial score (nSPS) is 16.8. The Morgan fingerprint density at radius 1 is 1.17 bits per heavy atom. The molecule has 4 heterocycles. The molecule has 1 aliphatic rings. The van der Waals surface area contributed by atoms with Gasteiger partial charge in [0.05, 0.1) is 29.3 Å². The maximum atomic E-state index is 13.3. The van der Waals surface area contributed by atoms with Crippen molar-refractivity contribution in [2.24, 2.45) is 7.05 Å². The van der Waals surface area contributed by atoms with Gasteiger partial charge in [-0.15, -0.1) is 11.3 Å². The minimum Gasteiger partial charge on any atom is -0.503 e. The third kappa shape index (κ3) is 2.78. The number of amides is 1. The molecule has 30 heavy (non-hydrogen) atoms. The topological polar surface area (TPSA) is 75.7 Å². The Hall–Kier alpha value is -3.58. The van der Waals surface area contributed by atoms with E-state index in [1.54, 1.807) is 29.6 Å². The second kappa shape index (κ2) is 7.03. The van der Waals surface area contributed by atoms with E-state index in [-0.39, 0.29) is 17.9 Å². The molecule has 150 valence electrons.